The van der Waals surface area contributed by atoms with Crippen LogP contribution in [0.1, 0.15) is 23.8 Å². The molecule has 0 aliphatic rings. The lowest BCUT2D eigenvalue weighted by atomic mass is 10.1. The van der Waals surface area contributed by atoms with E-state index in [9.17, 15) is 9.59 Å². The molecular formula is C16H19N3O3. The molecule has 116 valence electrons. The predicted octanol–water partition coefficient (Wildman–Crippen LogP) is 2.59. The normalized spacial score (nSPS) is 10.4. The van der Waals surface area contributed by atoms with Crippen molar-refractivity contribution in [2.45, 2.75) is 27.7 Å². The SMILES string of the molecule is CC(=O)N(CC(=O)Nc1cc(C)ccc1C)c1cc(C)on1. The minimum absolute atomic E-state index is 0.116. The van der Waals surface area contributed by atoms with Gasteiger partial charge in [0.15, 0.2) is 5.82 Å². The number of rotatable bonds is 4. The number of carbonyl (C=O) groups excluding carboxylic acids is 2. The van der Waals surface area contributed by atoms with Crippen LogP contribution in [0, 0.1) is 20.8 Å². The Balaban J connectivity index is 2.12. The van der Waals surface area contributed by atoms with Crippen LogP contribution in [-0.2, 0) is 9.59 Å². The summed E-state index contributed by atoms with van der Waals surface area (Å²) in [6.45, 7) is 6.86. The van der Waals surface area contributed by atoms with Gasteiger partial charge in [0.2, 0.25) is 11.8 Å². The van der Waals surface area contributed by atoms with Gasteiger partial charge in [-0.25, -0.2) is 0 Å². The van der Waals surface area contributed by atoms with E-state index in [1.165, 1.54) is 11.8 Å². The Bertz CT molecular complexity index is 706. The van der Waals surface area contributed by atoms with Gasteiger partial charge in [-0.3, -0.25) is 14.5 Å². The number of anilines is 2. The second-order valence-corrected chi connectivity index (χ2v) is 5.27. The molecule has 0 aliphatic carbocycles. The van der Waals surface area contributed by atoms with Crippen LogP contribution >= 0.6 is 0 Å². The molecule has 2 amide bonds. The molecule has 6 nitrogen and oxygen atoms in total. The maximum absolute atomic E-state index is 12.2. The van der Waals surface area contributed by atoms with Crippen molar-refractivity contribution >= 4 is 23.3 Å². The third-order valence-electron chi connectivity index (χ3n) is 3.24. The van der Waals surface area contributed by atoms with Gasteiger partial charge in [0.05, 0.1) is 0 Å². The van der Waals surface area contributed by atoms with Crippen LogP contribution in [0.15, 0.2) is 28.8 Å². The molecule has 0 saturated carbocycles. The van der Waals surface area contributed by atoms with Crippen molar-refractivity contribution in [3.05, 3.63) is 41.2 Å². The maximum atomic E-state index is 12.2. The van der Waals surface area contributed by atoms with Crippen LogP contribution in [0.5, 0.6) is 0 Å². The summed E-state index contributed by atoms with van der Waals surface area (Å²) in [5.74, 6) is 0.353. The van der Waals surface area contributed by atoms with Crippen LogP contribution in [0.4, 0.5) is 11.5 Å². The number of hydrogen-bond acceptors (Lipinski definition) is 4. The molecule has 1 aromatic heterocycles. The second kappa shape index (κ2) is 6.43. The molecule has 0 unspecified atom stereocenters. The minimum atomic E-state index is -0.287. The quantitative estimate of drug-likeness (QED) is 0.941. The molecular weight excluding hydrogens is 282 g/mol. The lowest BCUT2D eigenvalue weighted by molar-refractivity contribution is -0.120. The molecule has 0 bridgehead atoms. The van der Waals surface area contributed by atoms with Gasteiger partial charge in [0, 0.05) is 18.7 Å². The molecule has 0 atom stereocenters. The Kier molecular flexibility index (Phi) is 4.60. The molecule has 6 heteroatoms. The molecule has 2 rings (SSSR count). The van der Waals surface area contributed by atoms with Crippen molar-refractivity contribution in [2.24, 2.45) is 0 Å². The highest BCUT2D eigenvalue weighted by atomic mass is 16.5. The van der Waals surface area contributed by atoms with Gasteiger partial charge >= 0.3 is 0 Å². The number of benzene rings is 1. The van der Waals surface area contributed by atoms with Crippen molar-refractivity contribution < 1.29 is 14.1 Å². The molecule has 22 heavy (non-hydrogen) atoms. The number of aromatic nitrogens is 1. The van der Waals surface area contributed by atoms with E-state index < -0.39 is 0 Å². The second-order valence-electron chi connectivity index (χ2n) is 5.27. The Hall–Kier alpha value is -2.63. The highest BCUT2D eigenvalue weighted by Crippen LogP contribution is 2.17. The standard InChI is InChI=1S/C16H19N3O3/c1-10-5-6-11(2)14(7-10)17-16(21)9-19(13(4)20)15-8-12(3)22-18-15/h5-8H,9H2,1-4H3,(H,17,21). The van der Waals surface area contributed by atoms with Gasteiger partial charge < -0.3 is 9.84 Å². The summed E-state index contributed by atoms with van der Waals surface area (Å²) in [4.78, 5) is 25.2. The summed E-state index contributed by atoms with van der Waals surface area (Å²) < 4.78 is 4.95. The highest BCUT2D eigenvalue weighted by Gasteiger charge is 2.19. The average molecular weight is 301 g/mol. The summed E-state index contributed by atoms with van der Waals surface area (Å²) in [5.41, 5.74) is 2.76. The first-order chi connectivity index (χ1) is 10.4. The summed E-state index contributed by atoms with van der Waals surface area (Å²) in [6, 6.07) is 7.43. The first-order valence-electron chi connectivity index (χ1n) is 6.95. The Labute approximate surface area is 129 Å². The van der Waals surface area contributed by atoms with E-state index in [1.807, 2.05) is 32.0 Å². The van der Waals surface area contributed by atoms with Gasteiger partial charge in [0.25, 0.3) is 0 Å². The molecule has 2 aromatic rings. The van der Waals surface area contributed by atoms with Crippen LogP contribution in [0.2, 0.25) is 0 Å². The zero-order chi connectivity index (χ0) is 16.3. The van der Waals surface area contributed by atoms with Crippen LogP contribution in [0.3, 0.4) is 0 Å². The summed E-state index contributed by atoms with van der Waals surface area (Å²) in [5, 5.41) is 6.60. The predicted molar refractivity (Wildman–Crippen MR) is 83.8 cm³/mol. The van der Waals surface area contributed by atoms with Crippen LogP contribution in [-0.4, -0.2) is 23.5 Å². The van der Waals surface area contributed by atoms with Crippen molar-refractivity contribution in [3.8, 4) is 0 Å². The fourth-order valence-electron chi connectivity index (χ4n) is 2.04. The summed E-state index contributed by atoms with van der Waals surface area (Å²) in [7, 11) is 0. The largest absolute Gasteiger partial charge is 0.360 e. The van der Waals surface area contributed by atoms with E-state index in [1.54, 1.807) is 13.0 Å². The monoisotopic (exact) mass is 301 g/mol. The van der Waals surface area contributed by atoms with Gasteiger partial charge in [-0.2, -0.15) is 0 Å². The number of nitrogens with zero attached hydrogens (tertiary/aromatic N) is 2. The summed E-state index contributed by atoms with van der Waals surface area (Å²) in [6.07, 6.45) is 0. The first-order valence-corrected chi connectivity index (χ1v) is 6.95. The van der Waals surface area contributed by atoms with Gasteiger partial charge in [-0.1, -0.05) is 17.3 Å². The van der Waals surface area contributed by atoms with Crippen LogP contribution < -0.4 is 10.2 Å². The number of nitrogens with one attached hydrogen (secondary N) is 1. The smallest absolute Gasteiger partial charge is 0.244 e. The molecule has 1 aromatic carbocycles. The van der Waals surface area contributed by atoms with Crippen molar-refractivity contribution in [3.63, 3.8) is 0 Å². The van der Waals surface area contributed by atoms with E-state index in [4.69, 9.17) is 4.52 Å². The number of carbonyl (C=O) groups is 2. The molecule has 1 N–H and O–H groups in total. The van der Waals surface area contributed by atoms with Gasteiger partial charge in [-0.05, 0) is 38.0 Å². The number of hydrogen-bond donors (Lipinski definition) is 1. The molecule has 0 aliphatic heterocycles. The van der Waals surface area contributed by atoms with E-state index in [-0.39, 0.29) is 18.4 Å². The fourth-order valence-corrected chi connectivity index (χ4v) is 2.04. The van der Waals surface area contributed by atoms with Crippen molar-refractivity contribution in [1.82, 2.24) is 5.16 Å². The molecule has 0 radical (unpaired) electrons. The Morgan fingerprint density at radius 3 is 2.55 bits per heavy atom. The van der Waals surface area contributed by atoms with E-state index in [0.717, 1.165) is 16.8 Å². The topological polar surface area (TPSA) is 75.4 Å². The molecule has 0 saturated heterocycles. The van der Waals surface area contributed by atoms with E-state index in [2.05, 4.69) is 10.5 Å². The summed E-state index contributed by atoms with van der Waals surface area (Å²) >= 11 is 0. The first kappa shape index (κ1) is 15.8. The highest BCUT2D eigenvalue weighted by molar-refractivity contribution is 6.01. The van der Waals surface area contributed by atoms with Crippen molar-refractivity contribution in [2.75, 3.05) is 16.8 Å². The van der Waals surface area contributed by atoms with Gasteiger partial charge in [-0.15, -0.1) is 0 Å². The Morgan fingerprint density at radius 2 is 1.95 bits per heavy atom. The average Bonchev–Trinajstić information content (AvgIpc) is 2.86. The Morgan fingerprint density at radius 1 is 1.23 bits per heavy atom. The zero-order valence-corrected chi connectivity index (χ0v) is 13.1. The maximum Gasteiger partial charge on any atom is 0.244 e. The van der Waals surface area contributed by atoms with E-state index >= 15 is 0 Å². The molecule has 1 heterocycles. The van der Waals surface area contributed by atoms with E-state index in [0.29, 0.717) is 11.6 Å². The van der Waals surface area contributed by atoms with Crippen LogP contribution in [0.25, 0.3) is 0 Å². The lowest BCUT2D eigenvalue weighted by Gasteiger charge is -2.17. The molecule has 0 spiro atoms. The minimum Gasteiger partial charge on any atom is -0.360 e. The zero-order valence-electron chi connectivity index (χ0n) is 13.1. The third kappa shape index (κ3) is 3.72. The van der Waals surface area contributed by atoms with Gasteiger partial charge in [0.1, 0.15) is 12.3 Å². The fraction of sp³-hybridized carbons (Fsp3) is 0.312. The number of amides is 2. The lowest BCUT2D eigenvalue weighted by Crippen LogP contribution is -2.37. The van der Waals surface area contributed by atoms with Crippen molar-refractivity contribution in [1.29, 1.82) is 0 Å². The molecule has 0 fully saturated rings. The number of aryl methyl sites for hydroxylation is 3. The third-order valence-corrected chi connectivity index (χ3v) is 3.24.